The van der Waals surface area contributed by atoms with Gasteiger partial charge in [0.25, 0.3) is 0 Å². The highest BCUT2D eigenvalue weighted by Crippen LogP contribution is 2.28. The van der Waals surface area contributed by atoms with Gasteiger partial charge in [0.15, 0.2) is 0 Å². The van der Waals surface area contributed by atoms with Crippen LogP contribution < -0.4 is 5.73 Å². The maximum absolute atomic E-state index is 5.83. The third kappa shape index (κ3) is 2.61. The molecule has 84 valence electrons. The van der Waals surface area contributed by atoms with Crippen LogP contribution in [0.2, 0.25) is 0 Å². The van der Waals surface area contributed by atoms with Crippen molar-refractivity contribution in [3.8, 4) is 0 Å². The highest BCUT2D eigenvalue weighted by atomic mass is 16.5. The highest BCUT2D eigenvalue weighted by molar-refractivity contribution is 5.04. The van der Waals surface area contributed by atoms with Crippen molar-refractivity contribution in [1.82, 2.24) is 0 Å². The largest absolute Gasteiger partial charge is 0.464 e. The summed E-state index contributed by atoms with van der Waals surface area (Å²) in [6.45, 7) is 3.26. The predicted octanol–water partition coefficient (Wildman–Crippen LogP) is 2.23. The topological polar surface area (TPSA) is 48.4 Å². The Balaban J connectivity index is 1.82. The molecule has 15 heavy (non-hydrogen) atoms. The first-order valence-corrected chi connectivity index (χ1v) is 5.66. The van der Waals surface area contributed by atoms with Gasteiger partial charge in [-0.1, -0.05) is 6.42 Å². The predicted molar refractivity (Wildman–Crippen MR) is 58.4 cm³/mol. The molecule has 1 saturated carbocycles. The lowest BCUT2D eigenvalue weighted by Crippen LogP contribution is -2.25. The van der Waals surface area contributed by atoms with E-state index >= 15 is 0 Å². The van der Waals surface area contributed by atoms with E-state index in [0.717, 1.165) is 24.5 Å². The van der Waals surface area contributed by atoms with Gasteiger partial charge in [-0.05, 0) is 44.4 Å². The summed E-state index contributed by atoms with van der Waals surface area (Å²) < 4.78 is 11.3. The van der Waals surface area contributed by atoms with Crippen LogP contribution >= 0.6 is 0 Å². The van der Waals surface area contributed by atoms with Crippen LogP contribution in [-0.2, 0) is 11.3 Å². The number of rotatable bonds is 4. The van der Waals surface area contributed by atoms with Gasteiger partial charge in [-0.15, -0.1) is 0 Å². The molecule has 1 fully saturated rings. The van der Waals surface area contributed by atoms with Crippen LogP contribution in [0.25, 0.3) is 0 Å². The fraction of sp³-hybridized carbons (Fsp3) is 0.667. The molecule has 0 radical (unpaired) electrons. The third-order valence-electron chi connectivity index (χ3n) is 3.13. The lowest BCUT2D eigenvalue weighted by Gasteiger charge is -2.17. The zero-order chi connectivity index (χ0) is 10.7. The Morgan fingerprint density at radius 1 is 1.47 bits per heavy atom. The van der Waals surface area contributed by atoms with Gasteiger partial charge >= 0.3 is 0 Å². The minimum Gasteiger partial charge on any atom is -0.464 e. The molecule has 1 aliphatic carbocycles. The quantitative estimate of drug-likeness (QED) is 0.827. The molecule has 0 bridgehead atoms. The van der Waals surface area contributed by atoms with E-state index in [1.807, 2.05) is 19.1 Å². The van der Waals surface area contributed by atoms with Crippen molar-refractivity contribution < 1.29 is 9.15 Å². The van der Waals surface area contributed by atoms with Gasteiger partial charge in [0.05, 0.1) is 6.10 Å². The minimum absolute atomic E-state index is 0.334. The standard InChI is InChI=1S/C12H19NO2/c1-9-5-6-11(15-9)8-14-12-4-2-3-10(12)7-13/h5-6,10,12H,2-4,7-8,13H2,1H3. The van der Waals surface area contributed by atoms with E-state index in [-0.39, 0.29) is 0 Å². The van der Waals surface area contributed by atoms with Crippen LogP contribution in [0.4, 0.5) is 0 Å². The number of furan rings is 1. The Morgan fingerprint density at radius 3 is 3.00 bits per heavy atom. The summed E-state index contributed by atoms with van der Waals surface area (Å²) >= 11 is 0. The van der Waals surface area contributed by atoms with E-state index in [2.05, 4.69) is 0 Å². The molecule has 2 unspecified atom stereocenters. The van der Waals surface area contributed by atoms with E-state index in [1.54, 1.807) is 0 Å². The molecular weight excluding hydrogens is 190 g/mol. The first-order chi connectivity index (χ1) is 7.29. The highest BCUT2D eigenvalue weighted by Gasteiger charge is 2.26. The van der Waals surface area contributed by atoms with E-state index < -0.39 is 0 Å². The van der Waals surface area contributed by atoms with Gasteiger partial charge in [0.2, 0.25) is 0 Å². The maximum Gasteiger partial charge on any atom is 0.129 e. The van der Waals surface area contributed by atoms with E-state index in [0.29, 0.717) is 18.6 Å². The van der Waals surface area contributed by atoms with Crippen LogP contribution in [0.3, 0.4) is 0 Å². The third-order valence-corrected chi connectivity index (χ3v) is 3.13. The maximum atomic E-state index is 5.83. The lowest BCUT2D eigenvalue weighted by molar-refractivity contribution is 0.00966. The van der Waals surface area contributed by atoms with Gasteiger partial charge in [0.1, 0.15) is 18.1 Å². The Kier molecular flexibility index (Phi) is 3.44. The second-order valence-corrected chi connectivity index (χ2v) is 4.29. The van der Waals surface area contributed by atoms with Gasteiger partial charge < -0.3 is 14.9 Å². The van der Waals surface area contributed by atoms with Crippen LogP contribution in [0.15, 0.2) is 16.5 Å². The summed E-state index contributed by atoms with van der Waals surface area (Å²) in [4.78, 5) is 0. The molecule has 0 saturated heterocycles. The zero-order valence-electron chi connectivity index (χ0n) is 9.24. The SMILES string of the molecule is Cc1ccc(COC2CCCC2CN)o1. The number of ether oxygens (including phenoxy) is 1. The van der Waals surface area contributed by atoms with E-state index in [4.69, 9.17) is 14.9 Å². The van der Waals surface area contributed by atoms with Crippen molar-refractivity contribution >= 4 is 0 Å². The van der Waals surface area contributed by atoms with Crippen LogP contribution in [0.1, 0.15) is 30.8 Å². The molecule has 0 aromatic carbocycles. The average molecular weight is 209 g/mol. The Hall–Kier alpha value is -0.800. The molecule has 3 heteroatoms. The fourth-order valence-corrected chi connectivity index (χ4v) is 2.24. The summed E-state index contributed by atoms with van der Waals surface area (Å²) in [6, 6.07) is 3.94. The van der Waals surface area contributed by atoms with Crippen LogP contribution in [-0.4, -0.2) is 12.6 Å². The summed E-state index contributed by atoms with van der Waals surface area (Å²) in [5.74, 6) is 2.40. The molecule has 0 spiro atoms. The molecule has 2 rings (SSSR count). The fourth-order valence-electron chi connectivity index (χ4n) is 2.24. The summed E-state index contributed by atoms with van der Waals surface area (Å²) in [7, 11) is 0. The van der Waals surface area contributed by atoms with Gasteiger partial charge in [-0.3, -0.25) is 0 Å². The molecule has 2 N–H and O–H groups in total. The molecule has 0 aliphatic heterocycles. The molecule has 3 nitrogen and oxygen atoms in total. The summed E-state index contributed by atoms with van der Waals surface area (Å²) in [5.41, 5.74) is 5.69. The molecule has 1 aromatic rings. The van der Waals surface area contributed by atoms with Gasteiger partial charge in [0, 0.05) is 0 Å². The molecule has 2 atom stereocenters. The molecule has 1 aromatic heterocycles. The molecular formula is C12H19NO2. The zero-order valence-corrected chi connectivity index (χ0v) is 9.24. The molecule has 0 amide bonds. The lowest BCUT2D eigenvalue weighted by atomic mass is 10.1. The van der Waals surface area contributed by atoms with Crippen molar-refractivity contribution in [1.29, 1.82) is 0 Å². The summed E-state index contributed by atoms with van der Waals surface area (Å²) in [5, 5.41) is 0. The number of hydrogen-bond donors (Lipinski definition) is 1. The average Bonchev–Trinajstić information content (AvgIpc) is 2.83. The summed E-state index contributed by atoms with van der Waals surface area (Å²) in [6.07, 6.45) is 3.92. The van der Waals surface area contributed by atoms with Crippen LogP contribution in [0, 0.1) is 12.8 Å². The van der Waals surface area contributed by atoms with Crippen LogP contribution in [0.5, 0.6) is 0 Å². The number of aryl methyl sites for hydroxylation is 1. The van der Waals surface area contributed by atoms with Crippen molar-refractivity contribution in [2.24, 2.45) is 11.7 Å². The minimum atomic E-state index is 0.334. The normalized spacial score (nSPS) is 26.0. The van der Waals surface area contributed by atoms with Crippen molar-refractivity contribution in [2.75, 3.05) is 6.54 Å². The molecule has 1 aliphatic rings. The monoisotopic (exact) mass is 209 g/mol. The molecule has 1 heterocycles. The first kappa shape index (κ1) is 10.7. The Bertz CT molecular complexity index is 308. The number of hydrogen-bond acceptors (Lipinski definition) is 3. The Labute approximate surface area is 90.6 Å². The van der Waals surface area contributed by atoms with Crippen molar-refractivity contribution in [3.05, 3.63) is 23.7 Å². The van der Waals surface area contributed by atoms with E-state index in [1.165, 1.54) is 12.8 Å². The first-order valence-electron chi connectivity index (χ1n) is 5.66. The van der Waals surface area contributed by atoms with Crippen molar-refractivity contribution in [3.63, 3.8) is 0 Å². The smallest absolute Gasteiger partial charge is 0.129 e. The Morgan fingerprint density at radius 2 is 2.33 bits per heavy atom. The second-order valence-electron chi connectivity index (χ2n) is 4.29. The van der Waals surface area contributed by atoms with E-state index in [9.17, 15) is 0 Å². The van der Waals surface area contributed by atoms with Crippen molar-refractivity contribution in [2.45, 2.75) is 38.9 Å². The van der Waals surface area contributed by atoms with Gasteiger partial charge in [-0.25, -0.2) is 0 Å². The van der Waals surface area contributed by atoms with Gasteiger partial charge in [-0.2, -0.15) is 0 Å². The number of nitrogens with two attached hydrogens (primary N) is 1. The second kappa shape index (κ2) is 4.81.